The number of hydrogen-bond acceptors (Lipinski definition) is 4. The predicted octanol–water partition coefficient (Wildman–Crippen LogP) is 6.33. The van der Waals surface area contributed by atoms with Gasteiger partial charge in [-0.1, -0.05) is 59.6 Å². The summed E-state index contributed by atoms with van der Waals surface area (Å²) in [4.78, 5) is 28.5. The number of anilines is 1. The maximum atomic E-state index is 13.3. The summed E-state index contributed by atoms with van der Waals surface area (Å²) in [5.74, 6) is -0.361. The van der Waals surface area contributed by atoms with E-state index in [-0.39, 0.29) is 16.6 Å². The molecule has 1 N–H and O–H groups in total. The zero-order valence-electron chi connectivity index (χ0n) is 16.8. The molecule has 0 aliphatic rings. The number of para-hydroxylation sites is 1. The van der Waals surface area contributed by atoms with Crippen LogP contribution >= 0.6 is 11.6 Å². The Hall–Kier alpha value is -3.77. The summed E-state index contributed by atoms with van der Waals surface area (Å²) in [6.07, 6.45) is 0. The highest BCUT2D eigenvalue weighted by molar-refractivity contribution is 6.34. The lowest BCUT2D eigenvalue weighted by Gasteiger charge is -2.15. The summed E-state index contributed by atoms with van der Waals surface area (Å²) in [5.41, 5.74) is 4.84. The molecule has 1 heterocycles. The lowest BCUT2D eigenvalue weighted by molar-refractivity contribution is -0.384. The van der Waals surface area contributed by atoms with Crippen LogP contribution in [0.5, 0.6) is 0 Å². The van der Waals surface area contributed by atoms with E-state index in [9.17, 15) is 14.9 Å². The van der Waals surface area contributed by atoms with Crippen molar-refractivity contribution in [3.05, 3.63) is 98.6 Å². The van der Waals surface area contributed by atoms with Crippen molar-refractivity contribution < 1.29 is 9.72 Å². The topological polar surface area (TPSA) is 85.1 Å². The average molecular weight is 432 g/mol. The second-order valence-electron chi connectivity index (χ2n) is 7.22. The molecule has 0 saturated heterocycles. The minimum Gasteiger partial charge on any atom is -0.321 e. The Morgan fingerprint density at radius 1 is 1.03 bits per heavy atom. The second-order valence-corrected chi connectivity index (χ2v) is 7.63. The van der Waals surface area contributed by atoms with Crippen molar-refractivity contribution in [3.63, 3.8) is 0 Å². The van der Waals surface area contributed by atoms with Gasteiger partial charge in [0.25, 0.3) is 11.6 Å². The molecule has 6 nitrogen and oxygen atoms in total. The van der Waals surface area contributed by atoms with Crippen LogP contribution in [0.1, 0.15) is 21.5 Å². The Morgan fingerprint density at radius 3 is 2.42 bits per heavy atom. The number of aromatic nitrogens is 1. The van der Waals surface area contributed by atoms with Gasteiger partial charge in [0.15, 0.2) is 0 Å². The van der Waals surface area contributed by atoms with E-state index < -0.39 is 4.92 Å². The van der Waals surface area contributed by atoms with Crippen molar-refractivity contribution in [1.29, 1.82) is 0 Å². The average Bonchev–Trinajstić information content (AvgIpc) is 2.75. The molecular formula is C24H18ClN3O3. The number of nitro benzene ring substituents is 1. The van der Waals surface area contributed by atoms with Crippen molar-refractivity contribution >= 4 is 39.8 Å². The molecule has 154 valence electrons. The first-order valence-electron chi connectivity index (χ1n) is 9.57. The van der Waals surface area contributed by atoms with Gasteiger partial charge in [-0.05, 0) is 31.5 Å². The first kappa shape index (κ1) is 20.5. The number of fused-ring (bicyclic) bond motifs is 1. The maximum Gasteiger partial charge on any atom is 0.271 e. The third kappa shape index (κ3) is 3.98. The van der Waals surface area contributed by atoms with Crippen molar-refractivity contribution in [1.82, 2.24) is 4.98 Å². The zero-order chi connectivity index (χ0) is 22.1. The lowest BCUT2D eigenvalue weighted by Crippen LogP contribution is -2.15. The molecule has 0 atom stereocenters. The number of nitro groups is 1. The quantitative estimate of drug-likeness (QED) is 0.302. The number of carbonyl (C=O) groups is 1. The number of hydrogen-bond donors (Lipinski definition) is 1. The van der Waals surface area contributed by atoms with E-state index in [4.69, 9.17) is 16.6 Å². The van der Waals surface area contributed by atoms with Crippen LogP contribution in [-0.4, -0.2) is 15.8 Å². The number of amides is 1. The van der Waals surface area contributed by atoms with Gasteiger partial charge in [0.1, 0.15) is 0 Å². The monoisotopic (exact) mass is 431 g/mol. The van der Waals surface area contributed by atoms with Gasteiger partial charge in [0.2, 0.25) is 0 Å². The standard InChI is InChI=1S/C24H18ClN3O3/c1-14-7-9-16(10-8-14)23-15(2)22(18-5-3-4-6-20(18)26-23)24(29)27-21-12-11-17(28(30)31)13-19(21)25/h3-13H,1-2H3,(H,27,29). The van der Waals surface area contributed by atoms with Gasteiger partial charge >= 0.3 is 0 Å². The molecule has 0 unspecified atom stereocenters. The van der Waals surface area contributed by atoms with Gasteiger partial charge in [0, 0.05) is 23.1 Å². The number of nitrogens with one attached hydrogen (secondary N) is 1. The molecule has 4 rings (SSSR count). The molecule has 1 aromatic heterocycles. The molecule has 0 aliphatic carbocycles. The highest BCUT2D eigenvalue weighted by atomic mass is 35.5. The van der Waals surface area contributed by atoms with Gasteiger partial charge in [-0.25, -0.2) is 4.98 Å². The third-order valence-electron chi connectivity index (χ3n) is 5.10. The van der Waals surface area contributed by atoms with Crippen molar-refractivity contribution in [2.45, 2.75) is 13.8 Å². The molecule has 4 aromatic rings. The summed E-state index contributed by atoms with van der Waals surface area (Å²) in [5, 5.41) is 14.5. The second kappa shape index (κ2) is 8.16. The van der Waals surface area contributed by atoms with Crippen molar-refractivity contribution in [3.8, 4) is 11.3 Å². The van der Waals surface area contributed by atoms with Crippen molar-refractivity contribution in [2.24, 2.45) is 0 Å². The van der Waals surface area contributed by atoms with Crippen LogP contribution in [0.15, 0.2) is 66.7 Å². The minimum absolute atomic E-state index is 0.0947. The zero-order valence-corrected chi connectivity index (χ0v) is 17.6. The van der Waals surface area contributed by atoms with Gasteiger partial charge in [-0.15, -0.1) is 0 Å². The van der Waals surface area contributed by atoms with Crippen LogP contribution in [0, 0.1) is 24.0 Å². The molecule has 31 heavy (non-hydrogen) atoms. The van der Waals surface area contributed by atoms with Crippen LogP contribution in [0.3, 0.4) is 0 Å². The number of halogens is 1. The Balaban J connectivity index is 1.82. The summed E-state index contributed by atoms with van der Waals surface area (Å²) in [6.45, 7) is 3.87. The molecular weight excluding hydrogens is 414 g/mol. The molecule has 0 fully saturated rings. The highest BCUT2D eigenvalue weighted by Crippen LogP contribution is 2.32. The first-order chi connectivity index (χ1) is 14.8. The van der Waals surface area contributed by atoms with Gasteiger partial charge < -0.3 is 5.32 Å². The normalized spacial score (nSPS) is 10.8. The van der Waals surface area contributed by atoms with E-state index in [1.54, 1.807) is 0 Å². The largest absolute Gasteiger partial charge is 0.321 e. The summed E-state index contributed by atoms with van der Waals surface area (Å²) in [6, 6.07) is 19.3. The molecule has 0 radical (unpaired) electrons. The SMILES string of the molecule is Cc1ccc(-c2nc3ccccc3c(C(=O)Nc3ccc([N+](=O)[O-])cc3Cl)c2C)cc1. The number of carbonyl (C=O) groups excluding carboxylic acids is 1. The predicted molar refractivity (Wildman–Crippen MR) is 123 cm³/mol. The number of aryl methyl sites for hydroxylation is 1. The molecule has 0 aliphatic heterocycles. The van der Waals surface area contributed by atoms with Crippen LogP contribution in [0.4, 0.5) is 11.4 Å². The molecule has 7 heteroatoms. The number of benzene rings is 3. The first-order valence-corrected chi connectivity index (χ1v) is 9.94. The van der Waals surface area contributed by atoms with Crippen LogP contribution in [0.2, 0.25) is 5.02 Å². The van der Waals surface area contributed by atoms with Crippen molar-refractivity contribution in [2.75, 3.05) is 5.32 Å². The number of non-ortho nitro benzene ring substituents is 1. The summed E-state index contributed by atoms with van der Waals surface area (Å²) >= 11 is 6.17. The smallest absolute Gasteiger partial charge is 0.271 e. The van der Waals surface area contributed by atoms with E-state index >= 15 is 0 Å². The molecule has 0 saturated carbocycles. The third-order valence-corrected chi connectivity index (χ3v) is 5.41. The molecule has 0 bridgehead atoms. The van der Waals surface area contributed by atoms with E-state index in [0.717, 1.165) is 22.4 Å². The fraction of sp³-hybridized carbons (Fsp3) is 0.0833. The highest BCUT2D eigenvalue weighted by Gasteiger charge is 2.20. The number of pyridine rings is 1. The van der Waals surface area contributed by atoms with Gasteiger partial charge in [-0.2, -0.15) is 0 Å². The van der Waals surface area contributed by atoms with E-state index in [0.29, 0.717) is 22.2 Å². The summed E-state index contributed by atoms with van der Waals surface area (Å²) in [7, 11) is 0. The number of nitrogens with zero attached hydrogens (tertiary/aromatic N) is 2. The van der Waals surface area contributed by atoms with E-state index in [1.165, 1.54) is 18.2 Å². The molecule has 0 spiro atoms. The Kier molecular flexibility index (Phi) is 5.40. The van der Waals surface area contributed by atoms with Gasteiger partial charge in [-0.3, -0.25) is 14.9 Å². The lowest BCUT2D eigenvalue weighted by atomic mass is 9.96. The Bertz CT molecular complexity index is 1330. The Morgan fingerprint density at radius 2 is 1.74 bits per heavy atom. The fourth-order valence-corrected chi connectivity index (χ4v) is 3.72. The number of rotatable bonds is 4. The summed E-state index contributed by atoms with van der Waals surface area (Å²) < 4.78 is 0. The van der Waals surface area contributed by atoms with E-state index in [2.05, 4.69) is 5.32 Å². The fourth-order valence-electron chi connectivity index (χ4n) is 3.50. The van der Waals surface area contributed by atoms with Gasteiger partial charge in [0.05, 0.1) is 32.4 Å². The minimum atomic E-state index is -0.536. The maximum absolute atomic E-state index is 13.3. The van der Waals surface area contributed by atoms with Crippen LogP contribution in [-0.2, 0) is 0 Å². The molecule has 3 aromatic carbocycles. The molecule has 1 amide bonds. The van der Waals surface area contributed by atoms with Crippen LogP contribution < -0.4 is 5.32 Å². The van der Waals surface area contributed by atoms with Crippen LogP contribution in [0.25, 0.3) is 22.2 Å². The van der Waals surface area contributed by atoms with E-state index in [1.807, 2.05) is 62.4 Å². The Labute approximate surface area is 183 Å².